The van der Waals surface area contributed by atoms with E-state index in [1.807, 2.05) is 0 Å². The van der Waals surface area contributed by atoms with Crippen molar-refractivity contribution in [2.45, 2.75) is 30.6 Å². The van der Waals surface area contributed by atoms with Gasteiger partial charge < -0.3 is 0 Å². The van der Waals surface area contributed by atoms with Crippen molar-refractivity contribution < 1.29 is 30.4 Å². The molecule has 0 aliphatic carbocycles. The third-order valence-electron chi connectivity index (χ3n) is 4.80. The molecule has 0 bridgehead atoms. The fourth-order valence-corrected chi connectivity index (χ4v) is 5.37. The van der Waals surface area contributed by atoms with E-state index in [4.69, 9.17) is 27.4 Å². The normalized spacial score (nSPS) is 12.5. The highest BCUT2D eigenvalue weighted by molar-refractivity contribution is 7.87. The summed E-state index contributed by atoms with van der Waals surface area (Å²) in [4.78, 5) is 11.8. The number of carbonyl (C=O) groups excluding carboxylic acids is 1. The van der Waals surface area contributed by atoms with E-state index < -0.39 is 35.4 Å². The lowest BCUT2D eigenvalue weighted by molar-refractivity contribution is 0.103. The average Bonchev–Trinajstić information content (AvgIpc) is 2.77. The van der Waals surface area contributed by atoms with Gasteiger partial charge in [-0.3, -0.25) is 13.5 Å². The lowest BCUT2D eigenvalue weighted by atomic mass is 9.99. The molecule has 7 nitrogen and oxygen atoms in total. The molecule has 0 saturated carbocycles. The molecular weight excluding hydrogens is 535 g/mol. The Labute approximate surface area is 214 Å². The minimum absolute atomic E-state index is 0.131. The molecule has 0 spiro atoms. The zero-order chi connectivity index (χ0) is 26.2. The number of ketones is 1. The molecule has 0 aromatic heterocycles. The number of benzene rings is 3. The first kappa shape index (κ1) is 27.3. The van der Waals surface area contributed by atoms with Crippen LogP contribution in [-0.2, 0) is 24.4 Å². The van der Waals surface area contributed by atoms with Crippen LogP contribution in [0.15, 0.2) is 70.5 Å². The van der Waals surface area contributed by atoms with Crippen molar-refractivity contribution in [1.29, 1.82) is 0 Å². The van der Waals surface area contributed by atoms with Crippen LogP contribution in [0.4, 0.5) is 0 Å². The third kappa shape index (κ3) is 6.69. The Hall–Kier alpha value is -2.27. The lowest BCUT2D eigenvalue weighted by Gasteiger charge is -2.19. The molecule has 11 heteroatoms. The summed E-state index contributed by atoms with van der Waals surface area (Å²) in [6, 6.07) is 13.7. The molecule has 0 fully saturated rings. The van der Waals surface area contributed by atoms with E-state index in [0.717, 1.165) is 12.1 Å². The Morgan fingerprint density at radius 2 is 1.54 bits per heavy atom. The van der Waals surface area contributed by atoms with Gasteiger partial charge in [-0.15, -0.1) is 0 Å². The van der Waals surface area contributed by atoms with E-state index in [9.17, 15) is 26.2 Å². The molecule has 35 heavy (non-hydrogen) atoms. The number of halogens is 2. The van der Waals surface area contributed by atoms with E-state index in [0.29, 0.717) is 10.6 Å². The Morgan fingerprint density at radius 1 is 0.914 bits per heavy atom. The summed E-state index contributed by atoms with van der Waals surface area (Å²) >= 11 is 12.1. The highest BCUT2D eigenvalue weighted by Crippen LogP contribution is 2.33. The highest BCUT2D eigenvalue weighted by Gasteiger charge is 2.26. The van der Waals surface area contributed by atoms with Crippen LogP contribution in [-0.4, -0.2) is 33.8 Å². The number of carbonyl (C=O) groups is 1. The largest absolute Gasteiger partial charge is 0.297 e. The second-order valence-electron chi connectivity index (χ2n) is 8.94. The topological polar surface area (TPSA) is 115 Å². The van der Waals surface area contributed by atoms with Crippen LogP contribution in [0.2, 0.25) is 10.0 Å². The summed E-state index contributed by atoms with van der Waals surface area (Å²) in [6.07, 6.45) is 0. The number of hydrogen-bond acceptors (Lipinski definition) is 6. The fourth-order valence-electron chi connectivity index (χ4n) is 3.05. The van der Waals surface area contributed by atoms with Gasteiger partial charge in [0, 0.05) is 21.7 Å². The Bertz CT molecular complexity index is 1490. The van der Waals surface area contributed by atoms with Gasteiger partial charge >= 0.3 is 0 Å². The molecule has 3 rings (SSSR count). The first-order chi connectivity index (χ1) is 16.1. The second kappa shape index (κ2) is 10.0. The van der Waals surface area contributed by atoms with E-state index in [1.54, 1.807) is 26.8 Å². The van der Waals surface area contributed by atoms with E-state index in [1.165, 1.54) is 42.5 Å². The van der Waals surface area contributed by atoms with Crippen LogP contribution in [0.5, 0.6) is 0 Å². The maximum Gasteiger partial charge on any atom is 0.297 e. The standard InChI is InChI=1S/C24H22Cl2O7S2/c1-24(2,3)14-33-35(31,32)22-13-18(34(28,29)30)9-10-19(22)15-4-6-16(7-5-15)23(27)20-12-17(25)8-11-21(20)26/h4-13H,14H2,1-3H3,(H,28,29,30). The van der Waals surface area contributed by atoms with Crippen molar-refractivity contribution in [3.8, 4) is 11.1 Å². The smallest absolute Gasteiger partial charge is 0.289 e. The molecule has 0 saturated heterocycles. The predicted octanol–water partition coefficient (Wildman–Crippen LogP) is 5.89. The molecule has 0 unspecified atom stereocenters. The summed E-state index contributed by atoms with van der Waals surface area (Å²) in [5.41, 5.74) is 0.506. The quantitative estimate of drug-likeness (QED) is 0.219. The molecule has 0 radical (unpaired) electrons. The molecule has 3 aromatic rings. The van der Waals surface area contributed by atoms with Gasteiger partial charge in [0.2, 0.25) is 0 Å². The molecule has 0 atom stereocenters. The van der Waals surface area contributed by atoms with E-state index >= 15 is 0 Å². The summed E-state index contributed by atoms with van der Waals surface area (Å²) in [6.45, 7) is 5.18. The van der Waals surface area contributed by atoms with Gasteiger partial charge in [0.05, 0.1) is 16.5 Å². The van der Waals surface area contributed by atoms with Gasteiger partial charge in [-0.25, -0.2) is 0 Å². The van der Waals surface area contributed by atoms with Crippen LogP contribution in [0.3, 0.4) is 0 Å². The van der Waals surface area contributed by atoms with Gasteiger partial charge in [0.25, 0.3) is 20.2 Å². The van der Waals surface area contributed by atoms with Crippen LogP contribution in [0.25, 0.3) is 11.1 Å². The summed E-state index contributed by atoms with van der Waals surface area (Å²) < 4.78 is 63.9. The van der Waals surface area contributed by atoms with Gasteiger partial charge in [-0.2, -0.15) is 16.8 Å². The molecule has 0 heterocycles. The van der Waals surface area contributed by atoms with Crippen LogP contribution in [0, 0.1) is 5.41 Å². The van der Waals surface area contributed by atoms with Gasteiger partial charge in [0.1, 0.15) is 4.90 Å². The zero-order valence-electron chi connectivity index (χ0n) is 18.9. The molecule has 186 valence electrons. The average molecular weight is 557 g/mol. The van der Waals surface area contributed by atoms with E-state index in [-0.39, 0.29) is 34.1 Å². The summed E-state index contributed by atoms with van der Waals surface area (Å²) in [7, 11) is -9.08. The Balaban J connectivity index is 2.07. The minimum Gasteiger partial charge on any atom is -0.289 e. The van der Waals surface area contributed by atoms with Gasteiger partial charge in [-0.1, -0.05) is 74.3 Å². The minimum atomic E-state index is -4.67. The summed E-state index contributed by atoms with van der Waals surface area (Å²) in [5, 5.41) is 0.576. The molecule has 3 aromatic carbocycles. The Morgan fingerprint density at radius 3 is 2.11 bits per heavy atom. The highest BCUT2D eigenvalue weighted by atomic mass is 35.5. The fraction of sp³-hybridized carbons (Fsp3) is 0.208. The van der Waals surface area contributed by atoms with Crippen molar-refractivity contribution in [1.82, 2.24) is 0 Å². The van der Waals surface area contributed by atoms with Gasteiger partial charge in [0.15, 0.2) is 5.78 Å². The maximum absolute atomic E-state index is 13.0. The predicted molar refractivity (Wildman–Crippen MR) is 134 cm³/mol. The first-order valence-corrected chi connectivity index (χ1v) is 13.8. The van der Waals surface area contributed by atoms with Crippen molar-refractivity contribution in [2.75, 3.05) is 6.61 Å². The number of rotatable bonds is 7. The molecular formula is C24H22Cl2O7S2. The molecule has 0 aliphatic rings. The SMILES string of the molecule is CC(C)(C)COS(=O)(=O)c1cc(S(=O)(=O)O)ccc1-c1ccc(C(=O)c2cc(Cl)ccc2Cl)cc1. The number of hydrogen-bond donors (Lipinski definition) is 1. The lowest BCUT2D eigenvalue weighted by Crippen LogP contribution is -2.19. The first-order valence-electron chi connectivity index (χ1n) is 10.2. The van der Waals surface area contributed by atoms with Gasteiger partial charge in [-0.05, 0) is 41.3 Å². The molecule has 1 N–H and O–H groups in total. The van der Waals surface area contributed by atoms with Crippen LogP contribution in [0.1, 0.15) is 36.7 Å². The van der Waals surface area contributed by atoms with Crippen molar-refractivity contribution >= 4 is 49.2 Å². The van der Waals surface area contributed by atoms with Crippen LogP contribution < -0.4 is 0 Å². The van der Waals surface area contributed by atoms with E-state index in [2.05, 4.69) is 0 Å². The van der Waals surface area contributed by atoms with Crippen LogP contribution >= 0.6 is 23.2 Å². The molecule has 0 amide bonds. The zero-order valence-corrected chi connectivity index (χ0v) is 22.1. The van der Waals surface area contributed by atoms with Crippen molar-refractivity contribution in [2.24, 2.45) is 5.41 Å². The van der Waals surface area contributed by atoms with Crippen molar-refractivity contribution in [3.63, 3.8) is 0 Å². The third-order valence-corrected chi connectivity index (χ3v) is 7.52. The Kier molecular flexibility index (Phi) is 7.81. The monoisotopic (exact) mass is 556 g/mol. The maximum atomic E-state index is 13.0. The summed E-state index contributed by atoms with van der Waals surface area (Å²) in [5.74, 6) is -0.382. The second-order valence-corrected chi connectivity index (χ2v) is 12.8. The molecule has 0 aliphatic heterocycles. The van der Waals surface area contributed by atoms with Crippen molar-refractivity contribution in [3.05, 3.63) is 81.8 Å².